The molecular weight excluding hydrogens is 413 g/mol. The summed E-state index contributed by atoms with van der Waals surface area (Å²) >= 11 is 1.29. The Hall–Kier alpha value is -3.45. The van der Waals surface area contributed by atoms with E-state index in [1.165, 1.54) is 36.0 Å². The highest BCUT2D eigenvalue weighted by atomic mass is 32.2. The molecule has 0 aliphatic carbocycles. The Kier molecular flexibility index (Phi) is 6.43. The van der Waals surface area contributed by atoms with Crippen molar-refractivity contribution in [1.29, 1.82) is 0 Å². The van der Waals surface area contributed by atoms with E-state index in [-0.39, 0.29) is 17.4 Å². The fourth-order valence-electron chi connectivity index (χ4n) is 3.08. The Labute approximate surface area is 183 Å². The SMILES string of the molecule is CCOc1ccc(-n2c(SCC(=O)c3ccc(F)cc3)nnc2-c2ccccc2)cc1. The first-order chi connectivity index (χ1) is 15.2. The Balaban J connectivity index is 1.65. The van der Waals surface area contributed by atoms with Gasteiger partial charge in [-0.1, -0.05) is 42.1 Å². The second-order valence-electron chi connectivity index (χ2n) is 6.65. The van der Waals surface area contributed by atoms with Gasteiger partial charge < -0.3 is 4.74 Å². The topological polar surface area (TPSA) is 57.0 Å². The van der Waals surface area contributed by atoms with Gasteiger partial charge in [0.25, 0.3) is 0 Å². The molecule has 1 aromatic heterocycles. The summed E-state index contributed by atoms with van der Waals surface area (Å²) in [5, 5.41) is 9.32. The van der Waals surface area contributed by atoms with Crippen molar-refractivity contribution in [3.8, 4) is 22.8 Å². The molecule has 0 radical (unpaired) electrons. The maximum atomic E-state index is 13.1. The number of ketones is 1. The molecule has 0 fully saturated rings. The summed E-state index contributed by atoms with van der Waals surface area (Å²) in [7, 11) is 0. The third kappa shape index (κ3) is 4.83. The number of thioether (sulfide) groups is 1. The molecule has 0 amide bonds. The molecule has 4 rings (SSSR count). The van der Waals surface area contributed by atoms with Gasteiger partial charge in [-0.2, -0.15) is 0 Å². The van der Waals surface area contributed by atoms with Crippen LogP contribution in [0, 0.1) is 5.82 Å². The van der Waals surface area contributed by atoms with E-state index < -0.39 is 0 Å². The number of aromatic nitrogens is 3. The molecular formula is C24H20FN3O2S. The first kappa shape index (κ1) is 20.8. The van der Waals surface area contributed by atoms with Gasteiger partial charge in [-0.05, 0) is 55.5 Å². The molecule has 7 heteroatoms. The molecule has 156 valence electrons. The quantitative estimate of drug-likeness (QED) is 0.273. The van der Waals surface area contributed by atoms with E-state index in [4.69, 9.17) is 4.74 Å². The van der Waals surface area contributed by atoms with Gasteiger partial charge in [0.05, 0.1) is 12.4 Å². The molecule has 4 aromatic rings. The van der Waals surface area contributed by atoms with Gasteiger partial charge in [-0.15, -0.1) is 10.2 Å². The van der Waals surface area contributed by atoms with E-state index in [0.29, 0.717) is 23.2 Å². The lowest BCUT2D eigenvalue weighted by atomic mass is 10.1. The van der Waals surface area contributed by atoms with E-state index in [2.05, 4.69) is 10.2 Å². The van der Waals surface area contributed by atoms with Gasteiger partial charge in [-0.3, -0.25) is 9.36 Å². The van der Waals surface area contributed by atoms with Crippen LogP contribution >= 0.6 is 11.8 Å². The Bertz CT molecular complexity index is 1160. The van der Waals surface area contributed by atoms with Crippen LogP contribution in [0.2, 0.25) is 0 Å². The van der Waals surface area contributed by atoms with Crippen molar-refractivity contribution in [2.45, 2.75) is 12.1 Å². The van der Waals surface area contributed by atoms with E-state index >= 15 is 0 Å². The van der Waals surface area contributed by atoms with E-state index in [9.17, 15) is 9.18 Å². The molecule has 0 atom stereocenters. The minimum atomic E-state index is -0.369. The molecule has 0 saturated carbocycles. The highest BCUT2D eigenvalue weighted by Gasteiger charge is 2.18. The number of carbonyl (C=O) groups excluding carboxylic acids is 1. The van der Waals surface area contributed by atoms with E-state index in [1.54, 1.807) is 0 Å². The van der Waals surface area contributed by atoms with Crippen LogP contribution in [0.3, 0.4) is 0 Å². The van der Waals surface area contributed by atoms with Gasteiger partial charge in [0.2, 0.25) is 0 Å². The average Bonchev–Trinajstić information content (AvgIpc) is 3.23. The van der Waals surface area contributed by atoms with Gasteiger partial charge in [0, 0.05) is 16.8 Å². The number of hydrogen-bond acceptors (Lipinski definition) is 5. The zero-order valence-electron chi connectivity index (χ0n) is 16.9. The molecule has 0 spiro atoms. The molecule has 31 heavy (non-hydrogen) atoms. The van der Waals surface area contributed by atoms with Crippen molar-refractivity contribution in [1.82, 2.24) is 14.8 Å². The largest absolute Gasteiger partial charge is 0.494 e. The molecule has 0 saturated heterocycles. The van der Waals surface area contributed by atoms with Crippen LogP contribution in [-0.4, -0.2) is 32.9 Å². The number of nitrogens with zero attached hydrogens (tertiary/aromatic N) is 3. The first-order valence-electron chi connectivity index (χ1n) is 9.81. The number of Topliss-reactive ketones (excluding diaryl/α,β-unsaturated/α-hetero) is 1. The van der Waals surface area contributed by atoms with Gasteiger partial charge in [0.1, 0.15) is 11.6 Å². The number of benzene rings is 3. The van der Waals surface area contributed by atoms with Crippen LogP contribution in [0.15, 0.2) is 84.0 Å². The third-order valence-electron chi connectivity index (χ3n) is 4.57. The fourth-order valence-corrected chi connectivity index (χ4v) is 3.92. The number of halogens is 1. The molecule has 0 aliphatic rings. The Morgan fingerprint density at radius 1 is 0.968 bits per heavy atom. The fraction of sp³-hybridized carbons (Fsp3) is 0.125. The van der Waals surface area contributed by atoms with E-state index in [0.717, 1.165) is 17.0 Å². The molecule has 5 nitrogen and oxygen atoms in total. The lowest BCUT2D eigenvalue weighted by Gasteiger charge is -2.11. The van der Waals surface area contributed by atoms with Crippen molar-refractivity contribution >= 4 is 17.5 Å². The summed E-state index contributed by atoms with van der Waals surface area (Å²) in [6, 6.07) is 23.0. The predicted octanol–water partition coefficient (Wildman–Crippen LogP) is 5.45. The van der Waals surface area contributed by atoms with Gasteiger partial charge >= 0.3 is 0 Å². The smallest absolute Gasteiger partial charge is 0.196 e. The van der Waals surface area contributed by atoms with Crippen molar-refractivity contribution in [3.05, 3.63) is 90.2 Å². The lowest BCUT2D eigenvalue weighted by Crippen LogP contribution is -2.05. The van der Waals surface area contributed by atoms with Gasteiger partial charge in [-0.25, -0.2) is 4.39 Å². The molecule has 3 aromatic carbocycles. The zero-order valence-corrected chi connectivity index (χ0v) is 17.7. The van der Waals surface area contributed by atoms with Crippen molar-refractivity contribution in [2.24, 2.45) is 0 Å². The van der Waals surface area contributed by atoms with Crippen LogP contribution in [0.5, 0.6) is 5.75 Å². The van der Waals surface area contributed by atoms with Crippen LogP contribution in [0.4, 0.5) is 4.39 Å². The monoisotopic (exact) mass is 433 g/mol. The van der Waals surface area contributed by atoms with Crippen molar-refractivity contribution < 1.29 is 13.9 Å². The number of hydrogen-bond donors (Lipinski definition) is 0. The summed E-state index contributed by atoms with van der Waals surface area (Å²) in [4.78, 5) is 12.6. The van der Waals surface area contributed by atoms with Crippen LogP contribution < -0.4 is 4.74 Å². The van der Waals surface area contributed by atoms with Crippen molar-refractivity contribution in [2.75, 3.05) is 12.4 Å². The maximum Gasteiger partial charge on any atom is 0.196 e. The van der Waals surface area contributed by atoms with Crippen LogP contribution in [0.25, 0.3) is 17.1 Å². The van der Waals surface area contributed by atoms with Crippen LogP contribution in [-0.2, 0) is 0 Å². The summed E-state index contributed by atoms with van der Waals surface area (Å²) in [5.74, 6) is 1.15. The average molecular weight is 434 g/mol. The molecule has 0 unspecified atom stereocenters. The first-order valence-corrected chi connectivity index (χ1v) is 10.8. The summed E-state index contributed by atoms with van der Waals surface area (Å²) in [5.41, 5.74) is 2.24. The third-order valence-corrected chi connectivity index (χ3v) is 5.50. The standard InChI is InChI=1S/C24H20FN3O2S/c1-2-30-21-14-12-20(13-15-21)28-23(18-6-4-3-5-7-18)26-27-24(28)31-16-22(29)17-8-10-19(25)11-9-17/h3-15H,2,16H2,1H3. The summed E-state index contributed by atoms with van der Waals surface area (Å²) < 4.78 is 20.6. The van der Waals surface area contributed by atoms with Gasteiger partial charge in [0.15, 0.2) is 16.8 Å². The normalized spacial score (nSPS) is 10.8. The molecule has 0 aliphatic heterocycles. The summed E-state index contributed by atoms with van der Waals surface area (Å²) in [6.07, 6.45) is 0. The number of rotatable bonds is 8. The Morgan fingerprint density at radius 2 is 1.68 bits per heavy atom. The van der Waals surface area contributed by atoms with Crippen LogP contribution in [0.1, 0.15) is 17.3 Å². The second kappa shape index (κ2) is 9.57. The maximum absolute atomic E-state index is 13.1. The van der Waals surface area contributed by atoms with E-state index in [1.807, 2.05) is 66.1 Å². The minimum absolute atomic E-state index is 0.104. The minimum Gasteiger partial charge on any atom is -0.494 e. The van der Waals surface area contributed by atoms with Crippen molar-refractivity contribution in [3.63, 3.8) is 0 Å². The number of carbonyl (C=O) groups is 1. The predicted molar refractivity (Wildman–Crippen MR) is 119 cm³/mol. The number of ether oxygens (including phenoxy) is 1. The molecule has 1 heterocycles. The summed E-state index contributed by atoms with van der Waals surface area (Å²) in [6.45, 7) is 2.53. The highest BCUT2D eigenvalue weighted by Crippen LogP contribution is 2.29. The zero-order chi connectivity index (χ0) is 21.6. The molecule has 0 N–H and O–H groups in total. The molecule has 0 bridgehead atoms. The lowest BCUT2D eigenvalue weighted by molar-refractivity contribution is 0.102. The second-order valence-corrected chi connectivity index (χ2v) is 7.60. The Morgan fingerprint density at radius 3 is 2.35 bits per heavy atom. The highest BCUT2D eigenvalue weighted by molar-refractivity contribution is 7.99.